The molecular formula is C25H27ClF3N3O2. The van der Waals surface area contributed by atoms with E-state index in [1.54, 1.807) is 6.20 Å². The Morgan fingerprint density at radius 2 is 1.97 bits per heavy atom. The number of carbonyl (C=O) groups is 1. The van der Waals surface area contributed by atoms with E-state index in [1.165, 1.54) is 31.0 Å². The number of fused-ring (bicyclic) bond motifs is 2. The lowest BCUT2D eigenvalue weighted by molar-refractivity contribution is 0.0970. The van der Waals surface area contributed by atoms with Gasteiger partial charge in [0, 0.05) is 35.8 Å². The smallest absolute Gasteiger partial charge is 0.252 e. The summed E-state index contributed by atoms with van der Waals surface area (Å²) in [5.74, 6) is -1.33. The normalized spacial score (nSPS) is 17.4. The number of carbonyl (C=O) groups excluding carboxylic acids is 1. The number of nitrogens with zero attached hydrogens (tertiary/aromatic N) is 1. The Kier molecular flexibility index (Phi) is 7.09. The molecule has 3 aromatic rings. The van der Waals surface area contributed by atoms with Gasteiger partial charge in [-0.25, -0.2) is 13.2 Å². The molecule has 34 heavy (non-hydrogen) atoms. The fraction of sp³-hybridized carbons (Fsp3) is 0.400. The molecule has 1 saturated carbocycles. The molecule has 1 unspecified atom stereocenters. The van der Waals surface area contributed by atoms with Gasteiger partial charge in [0.15, 0.2) is 0 Å². The zero-order chi connectivity index (χ0) is 23.1. The minimum atomic E-state index is -0.633. The van der Waals surface area contributed by atoms with Gasteiger partial charge in [-0.05, 0) is 68.3 Å². The number of rotatable bonds is 8. The Bertz CT molecular complexity index is 1210. The SMILES string of the molecule is Cl.NC(=O)c1ccc(F)c2c1OCC(N(CCCc1c[nH]c3c(F)cc(F)cc13)CC1CC1)C2. The van der Waals surface area contributed by atoms with Crippen LogP contribution in [0.2, 0.25) is 0 Å². The fourth-order valence-electron chi connectivity index (χ4n) is 4.81. The molecule has 0 saturated heterocycles. The lowest BCUT2D eigenvalue weighted by Crippen LogP contribution is -2.45. The number of hydrogen-bond donors (Lipinski definition) is 2. The standard InChI is InChI=1S/C25H26F3N3O2.ClH/c26-16-8-19-15(11-30-23(19)22(28)9-16)2-1-7-31(12-14-3-4-14)17-10-20-21(27)6-5-18(25(29)32)24(20)33-13-17;/h5-6,8-9,11,14,17,30H,1-4,7,10,12-13H2,(H2,29,32);1H. The third-order valence-corrected chi connectivity index (χ3v) is 6.72. The number of amides is 1. The summed E-state index contributed by atoms with van der Waals surface area (Å²) in [6, 6.07) is 4.85. The zero-order valence-electron chi connectivity index (χ0n) is 18.6. The van der Waals surface area contributed by atoms with Crippen LogP contribution in [0.3, 0.4) is 0 Å². The summed E-state index contributed by atoms with van der Waals surface area (Å²) in [6.45, 7) is 2.01. The van der Waals surface area contributed by atoms with Gasteiger partial charge in [0.05, 0.1) is 11.1 Å². The van der Waals surface area contributed by atoms with E-state index in [9.17, 15) is 18.0 Å². The Morgan fingerprint density at radius 3 is 2.71 bits per heavy atom. The summed E-state index contributed by atoms with van der Waals surface area (Å²) in [5.41, 5.74) is 7.22. The molecule has 1 fully saturated rings. The monoisotopic (exact) mass is 493 g/mol. The first kappa shape index (κ1) is 24.4. The highest BCUT2D eigenvalue weighted by atomic mass is 35.5. The molecule has 0 spiro atoms. The Labute approximate surface area is 201 Å². The first-order valence-electron chi connectivity index (χ1n) is 11.3. The molecule has 0 bridgehead atoms. The van der Waals surface area contributed by atoms with Crippen molar-refractivity contribution in [1.29, 1.82) is 0 Å². The first-order valence-corrected chi connectivity index (χ1v) is 11.3. The summed E-state index contributed by atoms with van der Waals surface area (Å²) in [7, 11) is 0. The van der Waals surface area contributed by atoms with E-state index in [0.717, 1.165) is 31.1 Å². The van der Waals surface area contributed by atoms with E-state index < -0.39 is 23.4 Å². The zero-order valence-corrected chi connectivity index (χ0v) is 19.4. The van der Waals surface area contributed by atoms with E-state index in [-0.39, 0.29) is 29.8 Å². The van der Waals surface area contributed by atoms with Crippen LogP contribution in [0, 0.1) is 23.4 Å². The maximum atomic E-state index is 14.6. The van der Waals surface area contributed by atoms with Crippen molar-refractivity contribution in [2.24, 2.45) is 11.7 Å². The fourth-order valence-corrected chi connectivity index (χ4v) is 4.81. The highest BCUT2D eigenvalue weighted by molar-refractivity contribution is 5.96. The number of hydrogen-bond acceptors (Lipinski definition) is 3. The maximum absolute atomic E-state index is 14.6. The van der Waals surface area contributed by atoms with Gasteiger partial charge < -0.3 is 15.5 Å². The molecule has 182 valence electrons. The number of benzene rings is 2. The molecule has 1 atom stereocenters. The number of aromatic nitrogens is 1. The van der Waals surface area contributed by atoms with Crippen LogP contribution in [0.15, 0.2) is 30.5 Å². The van der Waals surface area contributed by atoms with Crippen molar-refractivity contribution in [3.8, 4) is 5.75 Å². The minimum absolute atomic E-state index is 0. The molecular weight excluding hydrogens is 467 g/mol. The summed E-state index contributed by atoms with van der Waals surface area (Å²) < 4.78 is 48.1. The Balaban J connectivity index is 0.00000274. The molecule has 2 aromatic carbocycles. The van der Waals surface area contributed by atoms with Crippen LogP contribution >= 0.6 is 12.4 Å². The largest absolute Gasteiger partial charge is 0.491 e. The quantitative estimate of drug-likeness (QED) is 0.475. The molecule has 3 N–H and O–H groups in total. The summed E-state index contributed by atoms with van der Waals surface area (Å²) in [4.78, 5) is 16.9. The summed E-state index contributed by atoms with van der Waals surface area (Å²) in [6.07, 6.45) is 5.99. The van der Waals surface area contributed by atoms with Crippen molar-refractivity contribution < 1.29 is 22.7 Å². The van der Waals surface area contributed by atoms with Crippen molar-refractivity contribution in [2.75, 3.05) is 19.7 Å². The number of nitrogens with one attached hydrogen (secondary N) is 1. The molecule has 1 aliphatic heterocycles. The first-order chi connectivity index (χ1) is 15.9. The number of ether oxygens (including phenoxy) is 1. The third-order valence-electron chi connectivity index (χ3n) is 6.72. The molecule has 5 rings (SSSR count). The van der Waals surface area contributed by atoms with E-state index in [1.807, 2.05) is 0 Å². The molecule has 1 aliphatic carbocycles. The van der Waals surface area contributed by atoms with Crippen molar-refractivity contribution in [2.45, 2.75) is 38.1 Å². The average molecular weight is 494 g/mol. The van der Waals surface area contributed by atoms with Gasteiger partial charge >= 0.3 is 0 Å². The van der Waals surface area contributed by atoms with Gasteiger partial charge in [-0.3, -0.25) is 9.69 Å². The number of primary amides is 1. The number of aromatic amines is 1. The highest BCUT2D eigenvalue weighted by Crippen LogP contribution is 2.35. The number of halogens is 4. The topological polar surface area (TPSA) is 71.4 Å². The van der Waals surface area contributed by atoms with Crippen LogP contribution in [-0.4, -0.2) is 41.5 Å². The number of aryl methyl sites for hydroxylation is 1. The predicted octanol–water partition coefficient (Wildman–Crippen LogP) is 4.75. The lowest BCUT2D eigenvalue weighted by atomic mass is 9.97. The van der Waals surface area contributed by atoms with Crippen molar-refractivity contribution in [3.05, 3.63) is 64.6 Å². The van der Waals surface area contributed by atoms with Gasteiger partial charge in [0.25, 0.3) is 5.91 Å². The van der Waals surface area contributed by atoms with Gasteiger partial charge in [0.2, 0.25) is 0 Å². The van der Waals surface area contributed by atoms with Gasteiger partial charge in [0.1, 0.15) is 29.8 Å². The van der Waals surface area contributed by atoms with E-state index >= 15 is 0 Å². The van der Waals surface area contributed by atoms with E-state index in [0.29, 0.717) is 41.8 Å². The van der Waals surface area contributed by atoms with Crippen LogP contribution in [0.25, 0.3) is 10.9 Å². The number of H-pyrrole nitrogens is 1. The van der Waals surface area contributed by atoms with Gasteiger partial charge in [-0.1, -0.05) is 0 Å². The molecule has 2 heterocycles. The third kappa shape index (κ3) is 4.88. The molecule has 2 aliphatic rings. The highest BCUT2D eigenvalue weighted by Gasteiger charge is 2.33. The van der Waals surface area contributed by atoms with E-state index in [4.69, 9.17) is 10.5 Å². The van der Waals surface area contributed by atoms with Gasteiger partial charge in [-0.2, -0.15) is 0 Å². The van der Waals surface area contributed by atoms with Crippen molar-refractivity contribution in [3.63, 3.8) is 0 Å². The average Bonchev–Trinajstić information content (AvgIpc) is 3.51. The maximum Gasteiger partial charge on any atom is 0.252 e. The second-order valence-corrected chi connectivity index (χ2v) is 9.10. The van der Waals surface area contributed by atoms with Crippen molar-refractivity contribution in [1.82, 2.24) is 9.88 Å². The van der Waals surface area contributed by atoms with Crippen LogP contribution in [-0.2, 0) is 12.8 Å². The lowest BCUT2D eigenvalue weighted by Gasteiger charge is -2.36. The Hall–Kier alpha value is -2.71. The van der Waals surface area contributed by atoms with Crippen LogP contribution in [0.1, 0.15) is 40.7 Å². The van der Waals surface area contributed by atoms with E-state index in [2.05, 4.69) is 9.88 Å². The predicted molar refractivity (Wildman–Crippen MR) is 126 cm³/mol. The summed E-state index contributed by atoms with van der Waals surface area (Å²) in [5, 5.41) is 0.567. The minimum Gasteiger partial charge on any atom is -0.491 e. The number of nitrogens with two attached hydrogens (primary N) is 1. The molecule has 1 aromatic heterocycles. The second kappa shape index (κ2) is 9.88. The Morgan fingerprint density at radius 1 is 1.18 bits per heavy atom. The molecule has 5 nitrogen and oxygen atoms in total. The summed E-state index contributed by atoms with van der Waals surface area (Å²) >= 11 is 0. The van der Waals surface area contributed by atoms with Crippen LogP contribution in [0.5, 0.6) is 5.75 Å². The molecule has 0 radical (unpaired) electrons. The van der Waals surface area contributed by atoms with Crippen LogP contribution in [0.4, 0.5) is 13.2 Å². The van der Waals surface area contributed by atoms with Gasteiger partial charge in [-0.15, -0.1) is 12.4 Å². The second-order valence-electron chi connectivity index (χ2n) is 9.10. The molecule has 9 heteroatoms. The van der Waals surface area contributed by atoms with Crippen molar-refractivity contribution >= 4 is 29.2 Å². The molecule has 1 amide bonds. The van der Waals surface area contributed by atoms with Crippen LogP contribution < -0.4 is 10.5 Å².